The van der Waals surface area contributed by atoms with Crippen LogP contribution in [0.3, 0.4) is 0 Å². The first kappa shape index (κ1) is 23.1. The van der Waals surface area contributed by atoms with Crippen molar-refractivity contribution >= 4 is 48.5 Å². The number of hydrogen-bond donors (Lipinski definition) is 1. The van der Waals surface area contributed by atoms with Gasteiger partial charge in [-0.25, -0.2) is 13.2 Å². The van der Waals surface area contributed by atoms with Crippen LogP contribution in [-0.4, -0.2) is 79.5 Å². The third-order valence-corrected chi connectivity index (χ3v) is 9.01. The van der Waals surface area contributed by atoms with Gasteiger partial charge in [-0.15, -0.1) is 0 Å². The number of fused-ring (bicyclic) bond motifs is 1. The van der Waals surface area contributed by atoms with Gasteiger partial charge in [-0.3, -0.25) is 4.98 Å². The van der Waals surface area contributed by atoms with Crippen LogP contribution in [0.4, 0.5) is 4.79 Å². The minimum Gasteiger partial charge on any atom is -0.449 e. The van der Waals surface area contributed by atoms with Gasteiger partial charge in [0.1, 0.15) is 6.61 Å². The first-order chi connectivity index (χ1) is 14.5. The fraction of sp³-hybridized carbons (Fsp3) is 0.474. The first-order valence-corrected chi connectivity index (χ1v) is 13.7. The minimum atomic E-state index is -3.68. The number of aromatic nitrogens is 1. The number of benzene rings is 1. The van der Waals surface area contributed by atoms with Crippen molar-refractivity contribution in [1.29, 1.82) is 0 Å². The topological polar surface area (TPSA) is 106 Å². The van der Waals surface area contributed by atoms with Gasteiger partial charge in [0.15, 0.2) is 0 Å². The summed E-state index contributed by atoms with van der Waals surface area (Å²) in [6, 6.07) is 6.90. The summed E-state index contributed by atoms with van der Waals surface area (Å²) in [5.41, 5.74) is 5.43. The lowest BCUT2D eigenvalue weighted by molar-refractivity contribution is 0.110. The van der Waals surface area contributed by atoms with Crippen LogP contribution in [0.25, 0.3) is 10.8 Å². The van der Waals surface area contributed by atoms with Gasteiger partial charge in [-0.05, 0) is 18.6 Å². The molecular weight excluding hydrogens is 444 g/mol. The molecule has 30 heavy (non-hydrogen) atoms. The summed E-state index contributed by atoms with van der Waals surface area (Å²) in [7, 11) is -0.404. The fourth-order valence-electron chi connectivity index (χ4n) is 3.19. The second-order valence-electron chi connectivity index (χ2n) is 6.64. The van der Waals surface area contributed by atoms with Crippen LogP contribution in [0.1, 0.15) is 6.42 Å². The summed E-state index contributed by atoms with van der Waals surface area (Å²) in [5.74, 6) is 1.56. The zero-order chi connectivity index (χ0) is 21.4. The van der Waals surface area contributed by atoms with E-state index in [1.807, 2.05) is 6.07 Å². The Hall–Kier alpha value is -1.53. The Labute approximate surface area is 185 Å². The van der Waals surface area contributed by atoms with Crippen molar-refractivity contribution in [3.63, 3.8) is 0 Å². The number of amides is 1. The van der Waals surface area contributed by atoms with Gasteiger partial charge in [-0.1, -0.05) is 33.7 Å². The quantitative estimate of drug-likeness (QED) is 0.463. The second-order valence-corrected chi connectivity index (χ2v) is 11.3. The molecule has 3 rings (SSSR count). The van der Waals surface area contributed by atoms with E-state index in [4.69, 9.17) is 10.5 Å². The van der Waals surface area contributed by atoms with Crippen LogP contribution in [0.15, 0.2) is 41.6 Å². The van der Waals surface area contributed by atoms with Crippen molar-refractivity contribution in [1.82, 2.24) is 14.2 Å². The highest BCUT2D eigenvalue weighted by molar-refractivity contribution is 8.76. The van der Waals surface area contributed by atoms with Gasteiger partial charge in [-0.2, -0.15) is 4.31 Å². The molecule has 1 saturated heterocycles. The van der Waals surface area contributed by atoms with Crippen LogP contribution in [0.2, 0.25) is 0 Å². The molecule has 2 aromatic rings. The molecule has 0 aliphatic carbocycles. The van der Waals surface area contributed by atoms with Gasteiger partial charge in [0.2, 0.25) is 10.0 Å². The van der Waals surface area contributed by atoms with Crippen LogP contribution in [0.5, 0.6) is 0 Å². The molecule has 0 atom stereocenters. The maximum Gasteiger partial charge on any atom is 0.409 e. The second kappa shape index (κ2) is 11.2. The number of sulfonamides is 1. The highest BCUT2D eigenvalue weighted by atomic mass is 33.1. The molecule has 1 aromatic carbocycles. The predicted octanol–water partition coefficient (Wildman–Crippen LogP) is 2.41. The summed E-state index contributed by atoms with van der Waals surface area (Å²) in [6.45, 7) is 2.32. The van der Waals surface area contributed by atoms with E-state index in [1.54, 1.807) is 57.1 Å². The molecule has 1 fully saturated rings. The Morgan fingerprint density at radius 2 is 1.97 bits per heavy atom. The molecular formula is C19H26N4O4S3. The van der Waals surface area contributed by atoms with Crippen molar-refractivity contribution in [2.45, 2.75) is 11.3 Å². The first-order valence-electron chi connectivity index (χ1n) is 9.73. The van der Waals surface area contributed by atoms with E-state index in [1.165, 1.54) is 4.31 Å². The Morgan fingerprint density at radius 3 is 2.80 bits per heavy atom. The molecule has 11 heteroatoms. The SMILES string of the molecule is NCCSSCCOC(=O)N1CCCN(S(=O)(=O)c2cccc3cnccc23)CC1. The third-order valence-electron chi connectivity index (χ3n) is 4.65. The van der Waals surface area contributed by atoms with E-state index in [9.17, 15) is 13.2 Å². The summed E-state index contributed by atoms with van der Waals surface area (Å²) in [5, 5.41) is 1.43. The van der Waals surface area contributed by atoms with Gasteiger partial charge in [0.05, 0.1) is 4.90 Å². The number of ether oxygens (including phenoxy) is 1. The van der Waals surface area contributed by atoms with Gasteiger partial charge in [0.25, 0.3) is 0 Å². The highest BCUT2D eigenvalue weighted by Gasteiger charge is 2.29. The Balaban J connectivity index is 1.60. The molecule has 0 saturated carbocycles. The molecule has 1 aromatic heterocycles. The van der Waals surface area contributed by atoms with Gasteiger partial charge >= 0.3 is 6.09 Å². The molecule has 1 aliphatic heterocycles. The fourth-order valence-corrected chi connectivity index (χ4v) is 6.56. The van der Waals surface area contributed by atoms with Crippen molar-refractivity contribution in [3.05, 3.63) is 36.7 Å². The van der Waals surface area contributed by atoms with Crippen LogP contribution in [0, 0.1) is 0 Å². The number of nitrogens with zero attached hydrogens (tertiary/aromatic N) is 3. The molecule has 0 spiro atoms. The number of nitrogens with two attached hydrogens (primary N) is 1. The highest BCUT2D eigenvalue weighted by Crippen LogP contribution is 2.26. The van der Waals surface area contributed by atoms with Crippen molar-refractivity contribution in [3.8, 4) is 0 Å². The van der Waals surface area contributed by atoms with Crippen LogP contribution >= 0.6 is 21.6 Å². The van der Waals surface area contributed by atoms with Crippen molar-refractivity contribution in [2.75, 3.05) is 50.8 Å². The molecule has 1 amide bonds. The Morgan fingerprint density at radius 1 is 1.13 bits per heavy atom. The van der Waals surface area contributed by atoms with Gasteiger partial charge < -0.3 is 15.4 Å². The molecule has 0 bridgehead atoms. The van der Waals surface area contributed by atoms with E-state index in [0.717, 1.165) is 11.1 Å². The number of pyridine rings is 1. The average Bonchev–Trinajstić information content (AvgIpc) is 3.02. The van der Waals surface area contributed by atoms with E-state index >= 15 is 0 Å². The molecule has 0 unspecified atom stereocenters. The van der Waals surface area contributed by atoms with E-state index < -0.39 is 16.1 Å². The molecule has 2 N–H and O–H groups in total. The number of carbonyl (C=O) groups excluding carboxylic acids is 1. The normalized spacial score (nSPS) is 15.8. The predicted molar refractivity (Wildman–Crippen MR) is 122 cm³/mol. The van der Waals surface area contributed by atoms with E-state index in [0.29, 0.717) is 50.3 Å². The zero-order valence-corrected chi connectivity index (χ0v) is 19.1. The number of rotatable bonds is 8. The maximum absolute atomic E-state index is 13.3. The summed E-state index contributed by atoms with van der Waals surface area (Å²) < 4.78 is 33.3. The summed E-state index contributed by atoms with van der Waals surface area (Å²) >= 11 is 0. The molecule has 1 aliphatic rings. The lowest BCUT2D eigenvalue weighted by Gasteiger charge is -2.22. The van der Waals surface area contributed by atoms with E-state index in [-0.39, 0.29) is 11.4 Å². The molecule has 0 radical (unpaired) electrons. The largest absolute Gasteiger partial charge is 0.449 e. The van der Waals surface area contributed by atoms with Crippen LogP contribution in [-0.2, 0) is 14.8 Å². The van der Waals surface area contributed by atoms with Crippen LogP contribution < -0.4 is 5.73 Å². The zero-order valence-electron chi connectivity index (χ0n) is 16.6. The van der Waals surface area contributed by atoms with Gasteiger partial charge in [0, 0.05) is 67.4 Å². The smallest absolute Gasteiger partial charge is 0.409 e. The Kier molecular flexibility index (Phi) is 8.63. The number of hydrogen-bond acceptors (Lipinski definition) is 8. The molecule has 8 nitrogen and oxygen atoms in total. The Bertz CT molecular complexity index is 952. The summed E-state index contributed by atoms with van der Waals surface area (Å²) in [4.78, 5) is 18.2. The standard InChI is InChI=1S/C19H26N4O4S3/c20-6-13-28-29-14-12-27-19(24)22-8-2-9-23(11-10-22)30(25,26)18-4-1-3-16-15-21-7-5-17(16)18/h1,3-5,7,15H,2,6,8-14,20H2. The van der Waals surface area contributed by atoms with E-state index in [2.05, 4.69) is 4.98 Å². The lowest BCUT2D eigenvalue weighted by Crippen LogP contribution is -2.37. The molecule has 2 heterocycles. The third kappa shape index (κ3) is 5.79. The number of carbonyl (C=O) groups is 1. The minimum absolute atomic E-state index is 0.236. The lowest BCUT2D eigenvalue weighted by atomic mass is 10.2. The summed E-state index contributed by atoms with van der Waals surface area (Å²) in [6.07, 6.45) is 3.41. The average molecular weight is 471 g/mol. The van der Waals surface area contributed by atoms with Crippen molar-refractivity contribution in [2.24, 2.45) is 5.73 Å². The molecule has 164 valence electrons. The monoisotopic (exact) mass is 470 g/mol. The maximum atomic E-state index is 13.3. The van der Waals surface area contributed by atoms with Crippen molar-refractivity contribution < 1.29 is 17.9 Å².